The lowest BCUT2D eigenvalue weighted by molar-refractivity contribution is 0.214. The van der Waals surface area contributed by atoms with Crippen LogP contribution >= 0.6 is 0 Å². The van der Waals surface area contributed by atoms with E-state index in [0.29, 0.717) is 11.5 Å². The summed E-state index contributed by atoms with van der Waals surface area (Å²) < 4.78 is 0. The van der Waals surface area contributed by atoms with Gasteiger partial charge in [-0.25, -0.2) is 9.97 Å². The number of nitrogens with one attached hydrogen (secondary N) is 1. The third-order valence-electron chi connectivity index (χ3n) is 7.97. The summed E-state index contributed by atoms with van der Waals surface area (Å²) in [6, 6.07) is 4.58. The first-order valence-corrected chi connectivity index (χ1v) is 11.8. The van der Waals surface area contributed by atoms with Gasteiger partial charge in [0, 0.05) is 44.0 Å². The number of fused-ring (bicyclic) bond motifs is 1. The summed E-state index contributed by atoms with van der Waals surface area (Å²) >= 11 is 0. The Morgan fingerprint density at radius 1 is 1.13 bits per heavy atom. The van der Waals surface area contributed by atoms with Crippen LogP contribution in [-0.2, 0) is 12.8 Å². The van der Waals surface area contributed by atoms with E-state index in [-0.39, 0.29) is 5.56 Å². The fourth-order valence-corrected chi connectivity index (χ4v) is 5.80. The molecule has 4 aliphatic rings. The van der Waals surface area contributed by atoms with E-state index in [1.807, 2.05) is 12.3 Å². The number of rotatable bonds is 3. The summed E-state index contributed by atoms with van der Waals surface area (Å²) in [4.78, 5) is 30.4. The molecule has 1 saturated heterocycles. The molecule has 0 aromatic carbocycles. The van der Waals surface area contributed by atoms with Crippen molar-refractivity contribution in [2.45, 2.75) is 57.9 Å². The third kappa shape index (κ3) is 3.51. The van der Waals surface area contributed by atoms with Gasteiger partial charge in [-0.2, -0.15) is 0 Å². The van der Waals surface area contributed by atoms with Crippen LogP contribution in [-0.4, -0.2) is 52.1 Å². The second kappa shape index (κ2) is 7.30. The van der Waals surface area contributed by atoms with Crippen molar-refractivity contribution < 1.29 is 0 Å². The summed E-state index contributed by atoms with van der Waals surface area (Å²) in [6.07, 6.45) is 12.0. The summed E-state index contributed by atoms with van der Waals surface area (Å²) in [7, 11) is 0. The Kier molecular flexibility index (Phi) is 4.53. The zero-order chi connectivity index (χ0) is 21.0. The van der Waals surface area contributed by atoms with Gasteiger partial charge in [0.1, 0.15) is 11.6 Å². The molecule has 162 valence electrons. The van der Waals surface area contributed by atoms with Crippen LogP contribution in [0.25, 0.3) is 5.57 Å². The second-order valence-corrected chi connectivity index (χ2v) is 9.98. The minimum atomic E-state index is 0.106. The van der Waals surface area contributed by atoms with Crippen LogP contribution in [0, 0.1) is 12.3 Å². The molecule has 3 heterocycles. The number of hydrogen-bond acceptors (Lipinski definition) is 5. The molecular formula is C25H31N5O. The van der Waals surface area contributed by atoms with Crippen molar-refractivity contribution >= 4 is 11.4 Å². The number of nitrogens with zero attached hydrogens (tertiary/aromatic N) is 4. The zero-order valence-electron chi connectivity index (χ0n) is 18.4. The molecule has 1 N–H and O–H groups in total. The van der Waals surface area contributed by atoms with Gasteiger partial charge in [-0.05, 0) is 74.5 Å². The Morgan fingerprint density at radius 3 is 2.74 bits per heavy atom. The van der Waals surface area contributed by atoms with E-state index in [1.165, 1.54) is 30.4 Å². The highest BCUT2D eigenvalue weighted by atomic mass is 16.1. The molecule has 2 aromatic heterocycles. The first kappa shape index (κ1) is 19.2. The molecule has 1 saturated carbocycles. The zero-order valence-corrected chi connectivity index (χ0v) is 18.4. The summed E-state index contributed by atoms with van der Waals surface area (Å²) in [5.41, 5.74) is 5.03. The van der Waals surface area contributed by atoms with Crippen LogP contribution < -0.4 is 10.5 Å². The fourth-order valence-electron chi connectivity index (χ4n) is 5.80. The Balaban J connectivity index is 1.15. The smallest absolute Gasteiger partial charge is 0.254 e. The van der Waals surface area contributed by atoms with Crippen LogP contribution in [0.15, 0.2) is 29.2 Å². The van der Waals surface area contributed by atoms with Crippen molar-refractivity contribution in [2.24, 2.45) is 5.41 Å². The van der Waals surface area contributed by atoms with Crippen molar-refractivity contribution in [3.8, 4) is 0 Å². The highest BCUT2D eigenvalue weighted by molar-refractivity contribution is 5.63. The van der Waals surface area contributed by atoms with Crippen molar-refractivity contribution in [3.05, 3.63) is 57.4 Å². The first-order valence-electron chi connectivity index (χ1n) is 11.8. The molecule has 0 amide bonds. The van der Waals surface area contributed by atoms with Crippen LogP contribution in [0.5, 0.6) is 0 Å². The molecule has 2 fully saturated rings. The maximum atomic E-state index is 12.8. The molecule has 1 atom stereocenters. The molecule has 1 spiro atoms. The SMILES string of the molecule is Cc1cccnc1N1CCN([C@H]2C=C(c3nc4c(c(=O)[nH]3)CC3(CC4)CC3)CC2)CC1. The average molecular weight is 418 g/mol. The molecule has 31 heavy (non-hydrogen) atoms. The van der Waals surface area contributed by atoms with Crippen molar-refractivity contribution in [1.29, 1.82) is 0 Å². The van der Waals surface area contributed by atoms with Gasteiger partial charge in [0.2, 0.25) is 0 Å². The Labute approximate surface area is 183 Å². The Bertz CT molecular complexity index is 1090. The van der Waals surface area contributed by atoms with Gasteiger partial charge in [-0.3, -0.25) is 9.69 Å². The Morgan fingerprint density at radius 2 is 1.97 bits per heavy atom. The highest BCUT2D eigenvalue weighted by Crippen LogP contribution is 2.53. The van der Waals surface area contributed by atoms with E-state index in [0.717, 1.165) is 74.8 Å². The molecule has 0 bridgehead atoms. The van der Waals surface area contributed by atoms with Gasteiger partial charge in [0.25, 0.3) is 5.56 Å². The molecular weight excluding hydrogens is 386 g/mol. The number of allylic oxidation sites excluding steroid dienone is 1. The number of hydrogen-bond donors (Lipinski definition) is 1. The minimum Gasteiger partial charge on any atom is -0.354 e. The standard InChI is InChI=1S/C25H31N5O/c1-17-3-2-10-26-23(17)30-13-11-29(12-14-30)19-5-4-18(15-19)22-27-21-6-7-25(8-9-25)16-20(21)24(31)28-22/h2-3,10,15,19H,4-9,11-14,16H2,1H3,(H,27,28,31)/t19-/m1/s1. The van der Waals surface area contributed by atoms with Crippen LogP contribution in [0.2, 0.25) is 0 Å². The van der Waals surface area contributed by atoms with Gasteiger partial charge < -0.3 is 9.88 Å². The predicted octanol–water partition coefficient (Wildman–Crippen LogP) is 3.11. The van der Waals surface area contributed by atoms with E-state index < -0.39 is 0 Å². The van der Waals surface area contributed by atoms with Gasteiger partial charge in [0.05, 0.1) is 5.69 Å². The Hall–Kier alpha value is -2.47. The summed E-state index contributed by atoms with van der Waals surface area (Å²) in [5, 5.41) is 0. The first-order chi connectivity index (χ1) is 15.1. The van der Waals surface area contributed by atoms with Crippen molar-refractivity contribution in [2.75, 3.05) is 31.1 Å². The fraction of sp³-hybridized carbons (Fsp3) is 0.560. The predicted molar refractivity (Wildman–Crippen MR) is 122 cm³/mol. The normalized spacial score (nSPS) is 24.9. The number of H-pyrrole nitrogens is 1. The summed E-state index contributed by atoms with van der Waals surface area (Å²) in [6.45, 7) is 6.24. The van der Waals surface area contributed by atoms with Gasteiger partial charge in [-0.1, -0.05) is 12.1 Å². The molecule has 1 aliphatic heterocycles. The highest BCUT2D eigenvalue weighted by Gasteiger charge is 2.45. The second-order valence-electron chi connectivity index (χ2n) is 9.98. The van der Waals surface area contributed by atoms with E-state index in [1.54, 1.807) is 0 Å². The molecule has 6 nitrogen and oxygen atoms in total. The van der Waals surface area contributed by atoms with E-state index in [4.69, 9.17) is 4.98 Å². The largest absolute Gasteiger partial charge is 0.354 e. The minimum absolute atomic E-state index is 0.106. The van der Waals surface area contributed by atoms with E-state index in [2.05, 4.69) is 38.8 Å². The van der Waals surface area contributed by atoms with E-state index >= 15 is 0 Å². The molecule has 0 radical (unpaired) electrons. The maximum absolute atomic E-state index is 12.8. The maximum Gasteiger partial charge on any atom is 0.254 e. The van der Waals surface area contributed by atoms with Crippen LogP contribution in [0.3, 0.4) is 0 Å². The monoisotopic (exact) mass is 417 g/mol. The van der Waals surface area contributed by atoms with Crippen LogP contribution in [0.4, 0.5) is 5.82 Å². The van der Waals surface area contributed by atoms with Gasteiger partial charge in [-0.15, -0.1) is 0 Å². The van der Waals surface area contributed by atoms with Crippen molar-refractivity contribution in [1.82, 2.24) is 19.9 Å². The molecule has 0 unspecified atom stereocenters. The lowest BCUT2D eigenvalue weighted by Crippen LogP contribution is -2.49. The molecule has 2 aromatic rings. The number of aromatic nitrogens is 3. The topological polar surface area (TPSA) is 65.1 Å². The lowest BCUT2D eigenvalue weighted by Gasteiger charge is -2.38. The van der Waals surface area contributed by atoms with Crippen LogP contribution in [0.1, 0.15) is 54.7 Å². The molecule has 3 aliphatic carbocycles. The number of pyridine rings is 1. The number of piperazine rings is 1. The molecule has 6 heteroatoms. The van der Waals surface area contributed by atoms with E-state index in [9.17, 15) is 4.79 Å². The number of aryl methyl sites for hydroxylation is 2. The number of aromatic amines is 1. The number of anilines is 1. The quantitative estimate of drug-likeness (QED) is 0.831. The van der Waals surface area contributed by atoms with Gasteiger partial charge in [0.15, 0.2) is 0 Å². The lowest BCUT2D eigenvalue weighted by atomic mass is 9.84. The average Bonchev–Trinajstić information content (AvgIpc) is 3.35. The van der Waals surface area contributed by atoms with Gasteiger partial charge >= 0.3 is 0 Å². The third-order valence-corrected chi connectivity index (χ3v) is 7.97. The molecule has 6 rings (SSSR count). The van der Waals surface area contributed by atoms with Crippen molar-refractivity contribution in [3.63, 3.8) is 0 Å². The summed E-state index contributed by atoms with van der Waals surface area (Å²) in [5.74, 6) is 1.94.